The third-order valence-electron chi connectivity index (χ3n) is 8.61. The molecule has 1 amide bonds. The summed E-state index contributed by atoms with van der Waals surface area (Å²) in [5.74, 6) is 1.02. The Bertz CT molecular complexity index is 1130. The zero-order valence-corrected chi connectivity index (χ0v) is 23.1. The molecule has 3 N–H and O–H groups in total. The Kier molecular flexibility index (Phi) is 8.96. The van der Waals surface area contributed by atoms with Crippen molar-refractivity contribution in [3.8, 4) is 0 Å². The number of anilines is 3. The van der Waals surface area contributed by atoms with Gasteiger partial charge in [-0.15, -0.1) is 0 Å². The molecule has 9 heteroatoms. The molecule has 5 rings (SSSR count). The van der Waals surface area contributed by atoms with E-state index in [4.69, 9.17) is 15.5 Å². The van der Waals surface area contributed by atoms with Crippen LogP contribution in [-0.2, 0) is 9.53 Å². The highest BCUT2D eigenvalue weighted by atomic mass is 16.5. The fraction of sp³-hybridized carbons (Fsp3) is 0.600. The Morgan fingerprint density at radius 3 is 2.46 bits per heavy atom. The Hall–Kier alpha value is -3.20. The third kappa shape index (κ3) is 6.87. The molecule has 1 aromatic heterocycles. The van der Waals surface area contributed by atoms with Gasteiger partial charge in [0.05, 0.1) is 19.2 Å². The molecule has 0 unspecified atom stereocenters. The number of hydrogen-bond acceptors (Lipinski definition) is 8. The van der Waals surface area contributed by atoms with E-state index < -0.39 is 5.91 Å². The van der Waals surface area contributed by atoms with Gasteiger partial charge in [-0.2, -0.15) is 0 Å². The molecular formula is C30H42N6O3. The fourth-order valence-electron chi connectivity index (χ4n) is 6.54. The van der Waals surface area contributed by atoms with E-state index in [0.717, 1.165) is 31.1 Å². The standard InChI is InChI=1S/C30H42N6O3/c1-2-39-27(37)18-21-6-5-15-36(20-21)26-19-32-28(29(31)38)30(34-26)33-24-11-9-22(10-12-24)23-13-16-35(17-14-23)25-7-3-4-8-25/h9-12,19,21,23,25H,2-8,13-18,20H2,1H3,(H2,31,38)(H,33,34)/t21-/m0/s1. The minimum absolute atomic E-state index is 0.113. The fourth-order valence-corrected chi connectivity index (χ4v) is 6.54. The molecule has 1 aliphatic carbocycles. The Morgan fingerprint density at radius 1 is 1.03 bits per heavy atom. The lowest BCUT2D eigenvalue weighted by atomic mass is 9.88. The van der Waals surface area contributed by atoms with Gasteiger partial charge in [0, 0.05) is 24.8 Å². The summed E-state index contributed by atoms with van der Waals surface area (Å²) in [6.45, 7) is 6.11. The van der Waals surface area contributed by atoms with Gasteiger partial charge in [-0.05, 0) is 88.1 Å². The van der Waals surface area contributed by atoms with Crippen LogP contribution in [0.2, 0.25) is 0 Å². The smallest absolute Gasteiger partial charge is 0.306 e. The molecule has 0 radical (unpaired) electrons. The zero-order valence-electron chi connectivity index (χ0n) is 23.1. The lowest BCUT2D eigenvalue weighted by Crippen LogP contribution is -2.39. The summed E-state index contributed by atoms with van der Waals surface area (Å²) in [5, 5.41) is 3.28. The summed E-state index contributed by atoms with van der Waals surface area (Å²) in [4.78, 5) is 38.1. The average Bonchev–Trinajstić information content (AvgIpc) is 3.49. The Morgan fingerprint density at radius 2 is 1.77 bits per heavy atom. The summed E-state index contributed by atoms with van der Waals surface area (Å²) in [6.07, 6.45) is 11.8. The number of aromatic nitrogens is 2. The van der Waals surface area contributed by atoms with Crippen molar-refractivity contribution in [2.45, 2.75) is 76.7 Å². The predicted molar refractivity (Wildman–Crippen MR) is 152 cm³/mol. The topological polar surface area (TPSA) is 114 Å². The summed E-state index contributed by atoms with van der Waals surface area (Å²) in [6, 6.07) is 9.28. The number of primary amides is 1. The Labute approximate surface area is 231 Å². The number of nitrogens with one attached hydrogen (secondary N) is 1. The summed E-state index contributed by atoms with van der Waals surface area (Å²) < 4.78 is 5.14. The van der Waals surface area contributed by atoms with Crippen LogP contribution in [0.4, 0.5) is 17.3 Å². The average molecular weight is 535 g/mol. The largest absolute Gasteiger partial charge is 0.466 e. The van der Waals surface area contributed by atoms with Crippen LogP contribution in [0.25, 0.3) is 0 Å². The summed E-state index contributed by atoms with van der Waals surface area (Å²) in [7, 11) is 0. The minimum atomic E-state index is -0.624. The summed E-state index contributed by atoms with van der Waals surface area (Å²) >= 11 is 0. The van der Waals surface area contributed by atoms with Crippen LogP contribution in [0.15, 0.2) is 30.5 Å². The number of ether oxygens (including phenoxy) is 1. The molecule has 2 saturated heterocycles. The first-order valence-corrected chi connectivity index (χ1v) is 14.7. The van der Waals surface area contributed by atoms with E-state index in [-0.39, 0.29) is 17.6 Å². The number of amides is 1. The number of benzene rings is 1. The van der Waals surface area contributed by atoms with Crippen LogP contribution < -0.4 is 16.0 Å². The molecule has 1 atom stereocenters. The van der Waals surface area contributed by atoms with Crippen molar-refractivity contribution < 1.29 is 14.3 Å². The lowest BCUT2D eigenvalue weighted by molar-refractivity contribution is -0.144. The first-order valence-electron chi connectivity index (χ1n) is 14.7. The molecule has 0 spiro atoms. The number of hydrogen-bond donors (Lipinski definition) is 2. The molecule has 2 aromatic rings. The highest BCUT2D eigenvalue weighted by Gasteiger charge is 2.28. The van der Waals surface area contributed by atoms with Gasteiger partial charge in [0.15, 0.2) is 11.5 Å². The number of carbonyl (C=O) groups is 2. The maximum absolute atomic E-state index is 12.1. The van der Waals surface area contributed by atoms with E-state index in [9.17, 15) is 9.59 Å². The van der Waals surface area contributed by atoms with E-state index in [1.807, 2.05) is 19.1 Å². The molecular weight excluding hydrogens is 492 g/mol. The molecule has 39 heavy (non-hydrogen) atoms. The zero-order chi connectivity index (χ0) is 27.2. The molecule has 1 saturated carbocycles. The van der Waals surface area contributed by atoms with E-state index in [0.29, 0.717) is 37.1 Å². The second-order valence-electron chi connectivity index (χ2n) is 11.2. The van der Waals surface area contributed by atoms with Crippen LogP contribution in [0.5, 0.6) is 0 Å². The Balaban J connectivity index is 1.23. The molecule has 3 heterocycles. The molecule has 210 valence electrons. The predicted octanol–water partition coefficient (Wildman–Crippen LogP) is 4.61. The number of esters is 1. The monoisotopic (exact) mass is 534 g/mol. The van der Waals surface area contributed by atoms with Crippen molar-refractivity contribution in [2.75, 3.05) is 43.0 Å². The van der Waals surface area contributed by atoms with Crippen molar-refractivity contribution in [3.05, 3.63) is 41.7 Å². The van der Waals surface area contributed by atoms with Crippen LogP contribution in [0, 0.1) is 5.92 Å². The van der Waals surface area contributed by atoms with E-state index in [1.54, 1.807) is 6.20 Å². The van der Waals surface area contributed by atoms with Gasteiger partial charge in [0.25, 0.3) is 5.91 Å². The van der Waals surface area contributed by atoms with Crippen molar-refractivity contribution in [2.24, 2.45) is 11.7 Å². The highest BCUT2D eigenvalue weighted by molar-refractivity contribution is 5.96. The SMILES string of the molecule is CCOC(=O)C[C@@H]1CCCN(c2cnc(C(N)=O)c(Nc3ccc(C4CCN(C5CCCC5)CC4)cc3)n2)C1. The minimum Gasteiger partial charge on any atom is -0.466 e. The number of likely N-dealkylation sites (tertiary alicyclic amines) is 1. The van der Waals surface area contributed by atoms with E-state index in [2.05, 4.69) is 32.2 Å². The van der Waals surface area contributed by atoms with Gasteiger partial charge in [-0.3, -0.25) is 9.59 Å². The van der Waals surface area contributed by atoms with E-state index in [1.165, 1.54) is 57.2 Å². The lowest BCUT2D eigenvalue weighted by Gasteiger charge is -2.36. The van der Waals surface area contributed by atoms with Crippen LogP contribution in [0.3, 0.4) is 0 Å². The van der Waals surface area contributed by atoms with Crippen molar-refractivity contribution in [3.63, 3.8) is 0 Å². The van der Waals surface area contributed by atoms with Gasteiger partial charge >= 0.3 is 5.97 Å². The van der Waals surface area contributed by atoms with Gasteiger partial charge in [0.1, 0.15) is 5.82 Å². The molecule has 0 bridgehead atoms. The van der Waals surface area contributed by atoms with Crippen molar-refractivity contribution in [1.29, 1.82) is 0 Å². The normalized spacial score (nSPS) is 21.2. The second-order valence-corrected chi connectivity index (χ2v) is 11.2. The number of piperidine rings is 2. The number of nitrogens with two attached hydrogens (primary N) is 1. The maximum Gasteiger partial charge on any atom is 0.306 e. The van der Waals surface area contributed by atoms with Gasteiger partial charge in [0.2, 0.25) is 0 Å². The number of rotatable bonds is 9. The summed E-state index contributed by atoms with van der Waals surface area (Å²) in [5.41, 5.74) is 7.95. The second kappa shape index (κ2) is 12.8. The van der Waals surface area contributed by atoms with Crippen LogP contribution >= 0.6 is 0 Å². The van der Waals surface area contributed by atoms with E-state index >= 15 is 0 Å². The van der Waals surface area contributed by atoms with Gasteiger partial charge in [-0.25, -0.2) is 9.97 Å². The van der Waals surface area contributed by atoms with Gasteiger partial charge < -0.3 is 25.6 Å². The van der Waals surface area contributed by atoms with Crippen molar-refractivity contribution >= 4 is 29.2 Å². The van der Waals surface area contributed by atoms with Gasteiger partial charge in [-0.1, -0.05) is 25.0 Å². The number of nitrogens with zero attached hydrogens (tertiary/aromatic N) is 4. The first kappa shape index (κ1) is 27.4. The quantitative estimate of drug-likeness (QED) is 0.449. The number of carbonyl (C=O) groups excluding carboxylic acids is 2. The molecule has 2 aliphatic heterocycles. The molecule has 9 nitrogen and oxygen atoms in total. The maximum atomic E-state index is 12.1. The highest BCUT2D eigenvalue weighted by Crippen LogP contribution is 2.33. The van der Waals surface area contributed by atoms with Crippen LogP contribution in [0.1, 0.15) is 86.7 Å². The molecule has 3 aliphatic rings. The molecule has 1 aromatic carbocycles. The van der Waals surface area contributed by atoms with Crippen molar-refractivity contribution in [1.82, 2.24) is 14.9 Å². The third-order valence-corrected chi connectivity index (χ3v) is 8.61. The first-order chi connectivity index (χ1) is 19.0. The molecule has 3 fully saturated rings. The van der Waals surface area contributed by atoms with Crippen LogP contribution in [-0.4, -0.2) is 65.6 Å².